The average molecular weight is 511 g/mol. The van der Waals surface area contributed by atoms with E-state index in [1.54, 1.807) is 42.5 Å². The first kappa shape index (κ1) is 26.1. The van der Waals surface area contributed by atoms with Gasteiger partial charge in [0.15, 0.2) is 6.61 Å². The maximum atomic E-state index is 14.6. The SMILES string of the molecule is COc1ccccc1C(F)(F)COc1ccc(CCNCC(O)c2ccc(O)c3[nH]c(=O)ccc23)cc1. The Hall–Kier alpha value is -3.95. The van der Waals surface area contributed by atoms with Crippen LogP contribution in [0.25, 0.3) is 10.9 Å². The first-order chi connectivity index (χ1) is 17.8. The third-order valence-electron chi connectivity index (χ3n) is 6.04. The van der Waals surface area contributed by atoms with E-state index in [2.05, 4.69) is 10.3 Å². The highest BCUT2D eigenvalue weighted by molar-refractivity contribution is 5.87. The second kappa shape index (κ2) is 11.4. The number of aliphatic hydroxyl groups excluding tert-OH is 1. The van der Waals surface area contributed by atoms with E-state index in [0.717, 1.165) is 5.56 Å². The zero-order chi connectivity index (χ0) is 26.4. The van der Waals surface area contributed by atoms with Gasteiger partial charge < -0.3 is 30.0 Å². The molecule has 37 heavy (non-hydrogen) atoms. The van der Waals surface area contributed by atoms with Crippen molar-refractivity contribution in [3.05, 3.63) is 99.8 Å². The molecule has 0 amide bonds. The van der Waals surface area contributed by atoms with Gasteiger partial charge in [-0.3, -0.25) is 4.79 Å². The second-order valence-corrected chi connectivity index (χ2v) is 8.59. The van der Waals surface area contributed by atoms with Crippen molar-refractivity contribution in [1.29, 1.82) is 0 Å². The van der Waals surface area contributed by atoms with Gasteiger partial charge in [0.05, 0.1) is 24.3 Å². The zero-order valence-corrected chi connectivity index (χ0v) is 20.2. The molecule has 1 heterocycles. The van der Waals surface area contributed by atoms with E-state index >= 15 is 0 Å². The van der Waals surface area contributed by atoms with Gasteiger partial charge in [0.2, 0.25) is 5.56 Å². The van der Waals surface area contributed by atoms with Gasteiger partial charge in [-0.15, -0.1) is 0 Å². The van der Waals surface area contributed by atoms with Crippen LogP contribution in [0.1, 0.15) is 22.8 Å². The number of aromatic hydroxyl groups is 1. The van der Waals surface area contributed by atoms with E-state index in [1.807, 2.05) is 0 Å². The summed E-state index contributed by atoms with van der Waals surface area (Å²) in [6.45, 7) is 0.0141. The van der Waals surface area contributed by atoms with Gasteiger partial charge in [0.1, 0.15) is 17.2 Å². The van der Waals surface area contributed by atoms with Crippen LogP contribution in [0.3, 0.4) is 0 Å². The van der Waals surface area contributed by atoms with Crippen molar-refractivity contribution in [3.8, 4) is 17.2 Å². The van der Waals surface area contributed by atoms with Gasteiger partial charge >= 0.3 is 5.92 Å². The molecule has 0 fully saturated rings. The Morgan fingerprint density at radius 2 is 1.78 bits per heavy atom. The lowest BCUT2D eigenvalue weighted by Crippen LogP contribution is -2.24. The smallest absolute Gasteiger partial charge is 0.310 e. The Labute approximate surface area is 212 Å². The molecule has 7 nitrogen and oxygen atoms in total. The zero-order valence-electron chi connectivity index (χ0n) is 20.2. The molecule has 0 saturated heterocycles. The van der Waals surface area contributed by atoms with Crippen molar-refractivity contribution in [2.45, 2.75) is 18.4 Å². The van der Waals surface area contributed by atoms with E-state index in [1.165, 1.54) is 37.4 Å². The molecule has 0 saturated carbocycles. The van der Waals surface area contributed by atoms with Crippen LogP contribution >= 0.6 is 0 Å². The highest BCUT2D eigenvalue weighted by Gasteiger charge is 2.35. The Kier molecular flexibility index (Phi) is 8.05. The van der Waals surface area contributed by atoms with Gasteiger partial charge in [-0.05, 0) is 60.5 Å². The number of benzene rings is 3. The standard InChI is InChI=1S/C28H28F2N2O5/c1-36-25-5-3-2-4-22(25)28(29,30)17-37-19-8-6-18(7-9-19)14-15-31-16-24(34)20-10-12-23(33)27-21(20)11-13-26(35)32-27/h2-13,24,31,33-34H,14-17H2,1H3,(H,32,35). The summed E-state index contributed by atoms with van der Waals surface area (Å²) in [6.07, 6.45) is -0.205. The van der Waals surface area contributed by atoms with Crippen molar-refractivity contribution in [2.75, 3.05) is 26.8 Å². The fourth-order valence-electron chi connectivity index (χ4n) is 4.08. The number of fused-ring (bicyclic) bond motifs is 1. The summed E-state index contributed by atoms with van der Waals surface area (Å²) in [5, 5.41) is 24.4. The molecule has 0 aliphatic rings. The number of aromatic nitrogens is 1. The molecule has 4 aromatic rings. The molecule has 4 N–H and O–H groups in total. The first-order valence-electron chi connectivity index (χ1n) is 11.8. The topological polar surface area (TPSA) is 104 Å². The average Bonchev–Trinajstić information content (AvgIpc) is 2.91. The van der Waals surface area contributed by atoms with Crippen LogP contribution in [0.4, 0.5) is 8.78 Å². The van der Waals surface area contributed by atoms with Crippen molar-refractivity contribution in [1.82, 2.24) is 10.3 Å². The fourth-order valence-corrected chi connectivity index (χ4v) is 4.08. The van der Waals surface area contributed by atoms with Crippen LogP contribution in [0.15, 0.2) is 77.6 Å². The van der Waals surface area contributed by atoms with Crippen LogP contribution < -0.4 is 20.3 Å². The minimum absolute atomic E-state index is 0.0625. The number of nitrogens with one attached hydrogen (secondary N) is 2. The number of hydrogen-bond donors (Lipinski definition) is 4. The van der Waals surface area contributed by atoms with Crippen molar-refractivity contribution in [2.24, 2.45) is 0 Å². The highest BCUT2D eigenvalue weighted by Crippen LogP contribution is 2.35. The summed E-state index contributed by atoms with van der Waals surface area (Å²) in [5.74, 6) is -2.84. The number of phenolic OH excluding ortho intramolecular Hbond substituents is 1. The van der Waals surface area contributed by atoms with Crippen LogP contribution in [0, 0.1) is 0 Å². The predicted molar refractivity (Wildman–Crippen MR) is 137 cm³/mol. The monoisotopic (exact) mass is 510 g/mol. The number of rotatable bonds is 11. The molecule has 194 valence electrons. The van der Waals surface area contributed by atoms with Gasteiger partial charge in [-0.25, -0.2) is 0 Å². The minimum atomic E-state index is -3.21. The molecule has 0 aliphatic heterocycles. The number of aliphatic hydroxyl groups is 1. The Bertz CT molecular complexity index is 1410. The lowest BCUT2D eigenvalue weighted by molar-refractivity contribution is -0.0483. The number of hydrogen-bond acceptors (Lipinski definition) is 6. The Balaban J connectivity index is 1.27. The molecule has 1 unspecified atom stereocenters. The largest absolute Gasteiger partial charge is 0.506 e. The molecule has 9 heteroatoms. The van der Waals surface area contributed by atoms with E-state index < -0.39 is 18.6 Å². The van der Waals surface area contributed by atoms with E-state index in [9.17, 15) is 23.8 Å². The van der Waals surface area contributed by atoms with Gasteiger partial charge in [-0.2, -0.15) is 8.78 Å². The lowest BCUT2D eigenvalue weighted by atomic mass is 10.0. The van der Waals surface area contributed by atoms with Crippen LogP contribution in [0.2, 0.25) is 0 Å². The summed E-state index contributed by atoms with van der Waals surface area (Å²) in [7, 11) is 1.35. The van der Waals surface area contributed by atoms with Crippen molar-refractivity contribution >= 4 is 10.9 Å². The predicted octanol–water partition coefficient (Wildman–Crippen LogP) is 4.28. The molecule has 0 spiro atoms. The maximum Gasteiger partial charge on any atom is 0.310 e. The van der Waals surface area contributed by atoms with E-state index in [4.69, 9.17) is 9.47 Å². The Morgan fingerprint density at radius 3 is 2.54 bits per heavy atom. The molecule has 1 atom stereocenters. The second-order valence-electron chi connectivity index (χ2n) is 8.59. The molecule has 0 bridgehead atoms. The quantitative estimate of drug-likeness (QED) is 0.225. The highest BCUT2D eigenvalue weighted by atomic mass is 19.3. The number of para-hydroxylation sites is 1. The Morgan fingerprint density at radius 1 is 1.03 bits per heavy atom. The van der Waals surface area contributed by atoms with E-state index in [0.29, 0.717) is 29.7 Å². The molecule has 0 aliphatic carbocycles. The number of methoxy groups -OCH3 is 1. The van der Waals surface area contributed by atoms with Crippen molar-refractivity contribution in [3.63, 3.8) is 0 Å². The van der Waals surface area contributed by atoms with Crippen LogP contribution in [-0.2, 0) is 12.3 Å². The summed E-state index contributed by atoms with van der Waals surface area (Å²) >= 11 is 0. The third-order valence-corrected chi connectivity index (χ3v) is 6.04. The molecular weight excluding hydrogens is 482 g/mol. The molecule has 4 rings (SSSR count). The third kappa shape index (κ3) is 6.25. The minimum Gasteiger partial charge on any atom is -0.506 e. The van der Waals surface area contributed by atoms with Gasteiger partial charge in [0, 0.05) is 18.0 Å². The maximum absolute atomic E-state index is 14.6. The lowest BCUT2D eigenvalue weighted by Gasteiger charge is -2.20. The number of ether oxygens (including phenoxy) is 2. The van der Waals surface area contributed by atoms with Crippen molar-refractivity contribution < 1.29 is 28.5 Å². The number of H-pyrrole nitrogens is 1. The van der Waals surface area contributed by atoms with Crippen LogP contribution in [0.5, 0.6) is 17.2 Å². The summed E-state index contributed by atoms with van der Waals surface area (Å²) < 4.78 is 39.6. The number of pyridine rings is 1. The summed E-state index contributed by atoms with van der Waals surface area (Å²) in [5.41, 5.74) is 1.28. The summed E-state index contributed by atoms with van der Waals surface area (Å²) in [4.78, 5) is 14.1. The normalized spacial score (nSPS) is 12.4. The number of aromatic amines is 1. The number of alkyl halides is 2. The molecule has 1 aromatic heterocycles. The van der Waals surface area contributed by atoms with E-state index in [-0.39, 0.29) is 34.7 Å². The molecule has 3 aromatic carbocycles. The number of phenols is 1. The molecule has 0 radical (unpaired) electrons. The van der Waals surface area contributed by atoms with Gasteiger partial charge in [-0.1, -0.05) is 30.3 Å². The fraction of sp³-hybridized carbons (Fsp3) is 0.250. The van der Waals surface area contributed by atoms with Crippen LogP contribution in [-0.4, -0.2) is 42.0 Å². The summed E-state index contributed by atoms with van der Waals surface area (Å²) in [6, 6.07) is 18.8. The number of halogens is 2. The molecular formula is C28H28F2N2O5. The first-order valence-corrected chi connectivity index (χ1v) is 11.8. The van der Waals surface area contributed by atoms with Gasteiger partial charge in [0.25, 0.3) is 0 Å².